The molecular formula is C25H20ClN3O4. The van der Waals surface area contributed by atoms with Crippen molar-refractivity contribution >= 4 is 23.2 Å². The van der Waals surface area contributed by atoms with Crippen molar-refractivity contribution in [1.29, 1.82) is 0 Å². The summed E-state index contributed by atoms with van der Waals surface area (Å²) in [6.07, 6.45) is 1.41. The number of aromatic nitrogens is 2. The highest BCUT2D eigenvalue weighted by Gasteiger charge is 2.13. The number of carbonyl (C=O) groups is 1. The maximum atomic E-state index is 12.9. The molecule has 1 aromatic heterocycles. The SMILES string of the molecule is COc1ccc(Cl)cc1NC(=O)c1cccc(-c2cc(Oc3ccccc3OC)ncn2)c1. The zero-order valence-corrected chi connectivity index (χ0v) is 18.7. The van der Waals surface area contributed by atoms with Gasteiger partial charge in [0.1, 0.15) is 12.1 Å². The van der Waals surface area contributed by atoms with Crippen LogP contribution in [0.4, 0.5) is 5.69 Å². The Bertz CT molecular complexity index is 1300. The molecule has 0 saturated carbocycles. The third-order valence-corrected chi connectivity index (χ3v) is 4.99. The van der Waals surface area contributed by atoms with Crippen LogP contribution in [-0.2, 0) is 0 Å². The second-order valence-corrected chi connectivity index (χ2v) is 7.31. The van der Waals surface area contributed by atoms with Gasteiger partial charge < -0.3 is 19.5 Å². The first-order valence-electron chi connectivity index (χ1n) is 9.95. The number of nitrogens with zero attached hydrogens (tertiary/aromatic N) is 2. The minimum atomic E-state index is -0.308. The van der Waals surface area contributed by atoms with Gasteiger partial charge in [-0.2, -0.15) is 0 Å². The third-order valence-electron chi connectivity index (χ3n) is 4.76. The summed E-state index contributed by atoms with van der Waals surface area (Å²) in [5.74, 6) is 1.68. The zero-order valence-electron chi connectivity index (χ0n) is 17.9. The fourth-order valence-electron chi connectivity index (χ4n) is 3.16. The lowest BCUT2D eigenvalue weighted by Crippen LogP contribution is -2.12. The number of para-hydroxylation sites is 2. The molecule has 0 unspecified atom stereocenters. The van der Waals surface area contributed by atoms with E-state index >= 15 is 0 Å². The van der Waals surface area contributed by atoms with Gasteiger partial charge in [-0.15, -0.1) is 0 Å². The van der Waals surface area contributed by atoms with E-state index in [0.29, 0.717) is 45.1 Å². The standard InChI is InChI=1S/C25H20ClN3O4/c1-31-21-11-10-18(26)13-20(21)29-25(30)17-7-5-6-16(12-17)19-14-24(28-15-27-19)33-23-9-4-3-8-22(23)32-2/h3-15H,1-2H3,(H,29,30). The van der Waals surface area contributed by atoms with Gasteiger partial charge in [0.25, 0.3) is 5.91 Å². The van der Waals surface area contributed by atoms with Crippen LogP contribution in [0.2, 0.25) is 5.02 Å². The summed E-state index contributed by atoms with van der Waals surface area (Å²) >= 11 is 6.06. The van der Waals surface area contributed by atoms with E-state index in [-0.39, 0.29) is 5.91 Å². The zero-order chi connectivity index (χ0) is 23.2. The minimum Gasteiger partial charge on any atom is -0.495 e. The number of halogens is 1. The fourth-order valence-corrected chi connectivity index (χ4v) is 3.33. The lowest BCUT2D eigenvalue weighted by molar-refractivity contribution is 0.102. The molecular weight excluding hydrogens is 442 g/mol. The Morgan fingerprint density at radius 2 is 1.64 bits per heavy atom. The third kappa shape index (κ3) is 5.22. The van der Waals surface area contributed by atoms with E-state index < -0.39 is 0 Å². The Kier molecular flexibility index (Phi) is 6.71. The molecule has 0 aliphatic rings. The van der Waals surface area contributed by atoms with E-state index in [0.717, 1.165) is 5.56 Å². The molecule has 4 rings (SSSR count). The van der Waals surface area contributed by atoms with Crippen LogP contribution >= 0.6 is 11.6 Å². The van der Waals surface area contributed by atoms with Gasteiger partial charge in [-0.3, -0.25) is 4.79 Å². The molecule has 7 nitrogen and oxygen atoms in total. The Morgan fingerprint density at radius 1 is 0.848 bits per heavy atom. The van der Waals surface area contributed by atoms with Crippen molar-refractivity contribution in [2.45, 2.75) is 0 Å². The van der Waals surface area contributed by atoms with E-state index in [1.807, 2.05) is 18.2 Å². The molecule has 4 aromatic rings. The van der Waals surface area contributed by atoms with Crippen LogP contribution in [0, 0.1) is 0 Å². The summed E-state index contributed by atoms with van der Waals surface area (Å²) < 4.78 is 16.5. The van der Waals surface area contributed by atoms with Gasteiger partial charge >= 0.3 is 0 Å². The number of rotatable bonds is 7. The van der Waals surface area contributed by atoms with Gasteiger partial charge in [-0.1, -0.05) is 35.9 Å². The maximum Gasteiger partial charge on any atom is 0.255 e. The van der Waals surface area contributed by atoms with Crippen molar-refractivity contribution in [3.8, 4) is 34.4 Å². The summed E-state index contributed by atoms with van der Waals surface area (Å²) in [4.78, 5) is 21.4. The molecule has 1 amide bonds. The summed E-state index contributed by atoms with van der Waals surface area (Å²) in [6.45, 7) is 0. The number of methoxy groups -OCH3 is 2. The maximum absolute atomic E-state index is 12.9. The molecule has 1 heterocycles. The van der Waals surface area contributed by atoms with Crippen LogP contribution in [0.25, 0.3) is 11.3 Å². The lowest BCUT2D eigenvalue weighted by Gasteiger charge is -2.12. The van der Waals surface area contributed by atoms with Gasteiger partial charge in [0, 0.05) is 22.2 Å². The summed E-state index contributed by atoms with van der Waals surface area (Å²) in [5, 5.41) is 3.32. The number of anilines is 1. The highest BCUT2D eigenvalue weighted by atomic mass is 35.5. The molecule has 166 valence electrons. The topological polar surface area (TPSA) is 82.6 Å². The molecule has 8 heteroatoms. The molecule has 3 aromatic carbocycles. The summed E-state index contributed by atoms with van der Waals surface area (Å²) in [7, 11) is 3.10. The second-order valence-electron chi connectivity index (χ2n) is 6.87. The molecule has 0 aliphatic heterocycles. The van der Waals surface area contributed by atoms with Crippen molar-refractivity contribution in [1.82, 2.24) is 9.97 Å². The molecule has 0 spiro atoms. The molecule has 33 heavy (non-hydrogen) atoms. The molecule has 0 atom stereocenters. The first-order valence-corrected chi connectivity index (χ1v) is 10.3. The predicted molar refractivity (Wildman–Crippen MR) is 126 cm³/mol. The largest absolute Gasteiger partial charge is 0.495 e. The summed E-state index contributed by atoms with van der Waals surface area (Å²) in [5.41, 5.74) is 2.26. The van der Waals surface area contributed by atoms with E-state index in [1.54, 1.807) is 61.7 Å². The predicted octanol–water partition coefficient (Wildman–Crippen LogP) is 5.86. The van der Waals surface area contributed by atoms with Crippen LogP contribution in [0.15, 0.2) is 79.1 Å². The molecule has 1 N–H and O–H groups in total. The van der Waals surface area contributed by atoms with Crippen molar-refractivity contribution in [3.05, 3.63) is 89.7 Å². The Hall–Kier alpha value is -4.10. The average Bonchev–Trinajstić information content (AvgIpc) is 2.85. The lowest BCUT2D eigenvalue weighted by atomic mass is 10.1. The minimum absolute atomic E-state index is 0.308. The van der Waals surface area contributed by atoms with Crippen molar-refractivity contribution in [2.75, 3.05) is 19.5 Å². The van der Waals surface area contributed by atoms with Crippen LogP contribution in [-0.4, -0.2) is 30.1 Å². The molecule has 0 radical (unpaired) electrons. The molecule has 0 fully saturated rings. The normalized spacial score (nSPS) is 10.4. The van der Waals surface area contributed by atoms with Gasteiger partial charge in [-0.05, 0) is 42.5 Å². The fraction of sp³-hybridized carbons (Fsp3) is 0.0800. The second kappa shape index (κ2) is 10.0. The Morgan fingerprint density at radius 3 is 2.42 bits per heavy atom. The quantitative estimate of drug-likeness (QED) is 0.371. The smallest absolute Gasteiger partial charge is 0.255 e. The number of amides is 1. The monoisotopic (exact) mass is 461 g/mol. The van der Waals surface area contributed by atoms with Crippen LogP contribution < -0.4 is 19.5 Å². The number of benzene rings is 3. The van der Waals surface area contributed by atoms with Gasteiger partial charge in [0.2, 0.25) is 5.88 Å². The first kappa shape index (κ1) is 22.1. The number of nitrogens with one attached hydrogen (secondary N) is 1. The van der Waals surface area contributed by atoms with Crippen molar-refractivity contribution in [3.63, 3.8) is 0 Å². The van der Waals surface area contributed by atoms with Crippen molar-refractivity contribution < 1.29 is 19.0 Å². The Labute approximate surface area is 195 Å². The molecule has 0 saturated heterocycles. The van der Waals surface area contributed by atoms with Crippen molar-refractivity contribution in [2.24, 2.45) is 0 Å². The van der Waals surface area contributed by atoms with Gasteiger partial charge in [0.05, 0.1) is 25.6 Å². The number of carbonyl (C=O) groups excluding carboxylic acids is 1. The molecule has 0 bridgehead atoms. The highest BCUT2D eigenvalue weighted by Crippen LogP contribution is 2.32. The van der Waals surface area contributed by atoms with E-state index in [2.05, 4.69) is 15.3 Å². The van der Waals surface area contributed by atoms with Gasteiger partial charge in [-0.25, -0.2) is 9.97 Å². The van der Waals surface area contributed by atoms with Crippen LogP contribution in [0.5, 0.6) is 23.1 Å². The van der Waals surface area contributed by atoms with Crippen LogP contribution in [0.1, 0.15) is 10.4 Å². The first-order chi connectivity index (χ1) is 16.1. The number of ether oxygens (including phenoxy) is 3. The van der Waals surface area contributed by atoms with E-state index in [1.165, 1.54) is 13.4 Å². The van der Waals surface area contributed by atoms with Crippen LogP contribution in [0.3, 0.4) is 0 Å². The highest BCUT2D eigenvalue weighted by molar-refractivity contribution is 6.31. The van der Waals surface area contributed by atoms with E-state index in [4.69, 9.17) is 25.8 Å². The Balaban J connectivity index is 1.57. The number of hydrogen-bond donors (Lipinski definition) is 1. The summed E-state index contributed by atoms with van der Waals surface area (Å²) in [6, 6.07) is 21.1. The van der Waals surface area contributed by atoms with Gasteiger partial charge in [0.15, 0.2) is 11.5 Å². The molecule has 0 aliphatic carbocycles. The average molecular weight is 462 g/mol. The number of hydrogen-bond acceptors (Lipinski definition) is 6. The van der Waals surface area contributed by atoms with E-state index in [9.17, 15) is 4.79 Å².